The standard InChI is InChI=1S/C24H29IN6O4/c1-14-5-7-15(8-6-14)20(24(34)30-11-17(10-25)22-21(30)19(32)12-35-22)27-23(33)16-3-2-4-18(9-16)31-13-26-28-29-31/h2-4,9,13-15,17,20-22H,5-8,10-12H2,1H3,(H,27,33)/t14-,15-,17-,20?,21+,22+/m0/s1. The van der Waals surface area contributed by atoms with E-state index >= 15 is 0 Å². The highest BCUT2D eigenvalue weighted by Gasteiger charge is 2.53. The molecule has 1 aromatic heterocycles. The molecule has 1 unspecified atom stereocenters. The van der Waals surface area contributed by atoms with Crippen molar-refractivity contribution in [3.8, 4) is 5.69 Å². The molecule has 1 saturated carbocycles. The van der Waals surface area contributed by atoms with Gasteiger partial charge in [0, 0.05) is 22.5 Å². The lowest BCUT2D eigenvalue weighted by atomic mass is 9.78. The highest BCUT2D eigenvalue weighted by Crippen LogP contribution is 2.36. The summed E-state index contributed by atoms with van der Waals surface area (Å²) in [7, 11) is 0. The Morgan fingerprint density at radius 1 is 1.26 bits per heavy atom. The number of halogens is 1. The lowest BCUT2D eigenvalue weighted by Gasteiger charge is -2.35. The van der Waals surface area contributed by atoms with Crippen molar-refractivity contribution in [1.29, 1.82) is 0 Å². The maximum atomic E-state index is 14.0. The fourth-order valence-electron chi connectivity index (χ4n) is 5.59. The van der Waals surface area contributed by atoms with E-state index in [1.165, 1.54) is 11.0 Å². The summed E-state index contributed by atoms with van der Waals surface area (Å²) in [6, 6.07) is 5.73. The summed E-state index contributed by atoms with van der Waals surface area (Å²) >= 11 is 2.29. The number of likely N-dealkylation sites (tertiary alicyclic amines) is 1. The second-order valence-corrected chi connectivity index (χ2v) is 10.7. The first-order valence-corrected chi connectivity index (χ1v) is 13.6. The van der Waals surface area contributed by atoms with Gasteiger partial charge in [0.2, 0.25) is 5.91 Å². The molecular weight excluding hydrogens is 563 g/mol. The second-order valence-electron chi connectivity index (χ2n) is 9.87. The second kappa shape index (κ2) is 10.3. The largest absolute Gasteiger partial charge is 0.367 e. The van der Waals surface area contributed by atoms with Gasteiger partial charge in [-0.1, -0.05) is 48.4 Å². The number of nitrogens with one attached hydrogen (secondary N) is 1. The van der Waals surface area contributed by atoms with Gasteiger partial charge in [-0.25, -0.2) is 4.68 Å². The normalized spacial score (nSPS) is 29.1. The van der Waals surface area contributed by atoms with Crippen LogP contribution in [0.25, 0.3) is 5.69 Å². The zero-order valence-electron chi connectivity index (χ0n) is 19.5. The summed E-state index contributed by atoms with van der Waals surface area (Å²) in [6.45, 7) is 2.75. The van der Waals surface area contributed by atoms with Crippen LogP contribution in [0.15, 0.2) is 30.6 Å². The summed E-state index contributed by atoms with van der Waals surface area (Å²) < 4.78 is 8.04. The molecule has 0 radical (unpaired) electrons. The fraction of sp³-hybridized carbons (Fsp3) is 0.583. The Morgan fingerprint density at radius 2 is 2.06 bits per heavy atom. The van der Waals surface area contributed by atoms with Gasteiger partial charge in [-0.2, -0.15) is 0 Å². The number of rotatable bonds is 6. The van der Waals surface area contributed by atoms with E-state index in [9.17, 15) is 14.4 Å². The number of benzene rings is 1. The summed E-state index contributed by atoms with van der Waals surface area (Å²) in [5.74, 6) is 0.205. The Labute approximate surface area is 217 Å². The topological polar surface area (TPSA) is 119 Å². The third-order valence-electron chi connectivity index (χ3n) is 7.58. The minimum Gasteiger partial charge on any atom is -0.367 e. The summed E-state index contributed by atoms with van der Waals surface area (Å²) in [4.78, 5) is 41.7. The zero-order chi connectivity index (χ0) is 24.5. The lowest BCUT2D eigenvalue weighted by molar-refractivity contribution is -0.139. The molecule has 0 spiro atoms. The van der Waals surface area contributed by atoms with Crippen LogP contribution in [0.4, 0.5) is 0 Å². The number of carbonyl (C=O) groups is 3. The molecule has 3 heterocycles. The van der Waals surface area contributed by atoms with Crippen LogP contribution in [0.2, 0.25) is 0 Å². The van der Waals surface area contributed by atoms with E-state index < -0.39 is 12.1 Å². The molecule has 1 aromatic carbocycles. The Hall–Kier alpha value is -2.41. The number of alkyl halides is 1. The minimum atomic E-state index is -0.686. The van der Waals surface area contributed by atoms with Crippen LogP contribution in [0.3, 0.4) is 0 Å². The van der Waals surface area contributed by atoms with Crippen LogP contribution in [0, 0.1) is 17.8 Å². The number of tetrazole rings is 1. The Bertz CT molecular complexity index is 1090. The van der Waals surface area contributed by atoms with Gasteiger partial charge >= 0.3 is 0 Å². The first-order valence-electron chi connectivity index (χ1n) is 12.1. The minimum absolute atomic E-state index is 0.0277. The summed E-state index contributed by atoms with van der Waals surface area (Å²) in [5, 5.41) is 14.2. The molecule has 10 nitrogen and oxygen atoms in total. The maximum Gasteiger partial charge on any atom is 0.252 e. The molecule has 1 aliphatic carbocycles. The van der Waals surface area contributed by atoms with E-state index in [1.807, 2.05) is 0 Å². The molecule has 1 N–H and O–H groups in total. The molecule has 3 fully saturated rings. The van der Waals surface area contributed by atoms with Crippen LogP contribution in [-0.2, 0) is 14.3 Å². The molecule has 2 saturated heterocycles. The molecule has 3 aliphatic rings. The Kier molecular flexibility index (Phi) is 7.14. The van der Waals surface area contributed by atoms with Crippen molar-refractivity contribution < 1.29 is 19.1 Å². The highest BCUT2D eigenvalue weighted by molar-refractivity contribution is 14.1. The van der Waals surface area contributed by atoms with Crippen molar-refractivity contribution in [2.75, 3.05) is 17.6 Å². The molecule has 186 valence electrons. The molecular formula is C24H29IN6O4. The highest BCUT2D eigenvalue weighted by atomic mass is 127. The number of amides is 2. The molecule has 2 aliphatic heterocycles. The first-order chi connectivity index (χ1) is 17.0. The molecule has 2 aromatic rings. The molecule has 2 amide bonds. The van der Waals surface area contributed by atoms with Crippen LogP contribution in [0.1, 0.15) is 43.0 Å². The molecule has 0 bridgehead atoms. The number of fused-ring (bicyclic) bond motifs is 1. The van der Waals surface area contributed by atoms with Crippen LogP contribution >= 0.6 is 22.6 Å². The van der Waals surface area contributed by atoms with Crippen LogP contribution < -0.4 is 5.32 Å². The number of aromatic nitrogens is 4. The molecule has 5 rings (SSSR count). The van der Waals surface area contributed by atoms with E-state index in [-0.39, 0.29) is 42.1 Å². The zero-order valence-corrected chi connectivity index (χ0v) is 21.7. The van der Waals surface area contributed by atoms with Crippen LogP contribution in [-0.4, -0.2) is 78.5 Å². The van der Waals surface area contributed by atoms with Gasteiger partial charge in [0.1, 0.15) is 25.0 Å². The number of hydrogen-bond donors (Lipinski definition) is 1. The van der Waals surface area contributed by atoms with Gasteiger partial charge in [0.15, 0.2) is 5.78 Å². The van der Waals surface area contributed by atoms with Crippen molar-refractivity contribution in [1.82, 2.24) is 30.4 Å². The Balaban J connectivity index is 1.40. The molecule has 4 atom stereocenters. The summed E-state index contributed by atoms with van der Waals surface area (Å²) in [6.07, 6.45) is 4.97. The smallest absolute Gasteiger partial charge is 0.252 e. The van der Waals surface area contributed by atoms with Gasteiger partial charge in [-0.05, 0) is 53.3 Å². The van der Waals surface area contributed by atoms with Gasteiger partial charge in [-0.15, -0.1) is 5.10 Å². The van der Waals surface area contributed by atoms with Gasteiger partial charge in [0.25, 0.3) is 5.91 Å². The molecule has 11 heteroatoms. The van der Waals surface area contributed by atoms with Crippen molar-refractivity contribution >= 4 is 40.2 Å². The average molecular weight is 592 g/mol. The van der Waals surface area contributed by atoms with Crippen molar-refractivity contribution in [2.24, 2.45) is 17.8 Å². The lowest BCUT2D eigenvalue weighted by Crippen LogP contribution is -2.55. The third-order valence-corrected chi connectivity index (χ3v) is 8.71. The number of nitrogens with zero attached hydrogens (tertiary/aromatic N) is 5. The monoisotopic (exact) mass is 592 g/mol. The van der Waals surface area contributed by atoms with Gasteiger partial charge in [-0.3, -0.25) is 14.4 Å². The first kappa shape index (κ1) is 24.3. The molecule has 35 heavy (non-hydrogen) atoms. The number of carbonyl (C=O) groups excluding carboxylic acids is 3. The number of ether oxygens (including phenoxy) is 1. The van der Waals surface area contributed by atoms with Crippen molar-refractivity contribution in [3.63, 3.8) is 0 Å². The van der Waals surface area contributed by atoms with Crippen molar-refractivity contribution in [3.05, 3.63) is 36.2 Å². The van der Waals surface area contributed by atoms with E-state index in [2.05, 4.69) is 50.4 Å². The van der Waals surface area contributed by atoms with E-state index in [0.717, 1.165) is 30.1 Å². The summed E-state index contributed by atoms with van der Waals surface area (Å²) in [5.41, 5.74) is 1.07. The third kappa shape index (κ3) is 4.84. The van der Waals surface area contributed by atoms with E-state index in [1.54, 1.807) is 29.2 Å². The van der Waals surface area contributed by atoms with Crippen LogP contribution in [0.5, 0.6) is 0 Å². The predicted octanol–water partition coefficient (Wildman–Crippen LogP) is 1.82. The Morgan fingerprint density at radius 3 is 2.77 bits per heavy atom. The van der Waals surface area contributed by atoms with Crippen molar-refractivity contribution in [2.45, 2.75) is 50.8 Å². The number of hydrogen-bond acceptors (Lipinski definition) is 7. The fourth-order valence-corrected chi connectivity index (χ4v) is 6.37. The SMILES string of the molecule is C[C@H]1CC[C@H](C(NC(=O)c2cccc(-n3cnnn3)c2)C(=O)N2C[C@H](CI)[C@H]3OCC(=O)[C@H]32)CC1. The number of ketones is 1. The van der Waals surface area contributed by atoms with Gasteiger partial charge in [0.05, 0.1) is 11.8 Å². The van der Waals surface area contributed by atoms with E-state index in [0.29, 0.717) is 23.7 Å². The predicted molar refractivity (Wildman–Crippen MR) is 134 cm³/mol. The number of Topliss-reactive ketones (excluding diaryl/α,β-unsaturated/α-hetero) is 1. The maximum absolute atomic E-state index is 14.0. The average Bonchev–Trinajstić information content (AvgIpc) is 3.62. The van der Waals surface area contributed by atoms with E-state index in [4.69, 9.17) is 4.74 Å². The quantitative estimate of drug-likeness (QED) is 0.402. The van der Waals surface area contributed by atoms with Gasteiger partial charge < -0.3 is 15.0 Å².